The number of aromatic hydroxyl groups is 1. The van der Waals surface area contributed by atoms with Crippen molar-refractivity contribution in [3.05, 3.63) is 107 Å². The largest absolute Gasteiger partial charge is 0.507 e. The second-order valence-corrected chi connectivity index (χ2v) is 20.4. The molecule has 70 heavy (non-hydrogen) atoms. The van der Waals surface area contributed by atoms with Crippen LogP contribution in [-0.4, -0.2) is 121 Å². The summed E-state index contributed by atoms with van der Waals surface area (Å²) >= 11 is 1.58. The Hall–Kier alpha value is -6.43. The highest BCUT2D eigenvalue weighted by Gasteiger charge is 2.44. The third kappa shape index (κ3) is 13.5. The molecule has 0 aliphatic carbocycles. The number of hydrogen-bond donors (Lipinski definition) is 5. The fourth-order valence-electron chi connectivity index (χ4n) is 9.04. The van der Waals surface area contributed by atoms with Gasteiger partial charge in [-0.25, -0.2) is 4.98 Å². The molecule has 372 valence electrons. The molecule has 2 aliphatic rings. The van der Waals surface area contributed by atoms with E-state index in [2.05, 4.69) is 48.9 Å². The monoisotopic (exact) mass is 973 g/mol. The van der Waals surface area contributed by atoms with Gasteiger partial charge in [-0.1, -0.05) is 87.9 Å². The average Bonchev–Trinajstić information content (AvgIpc) is 3.96. The van der Waals surface area contributed by atoms with Gasteiger partial charge >= 0.3 is 0 Å². The number of nitrogens with zero attached hydrogens (tertiary/aromatic N) is 6. The molecule has 0 bridgehead atoms. The highest BCUT2D eigenvalue weighted by molar-refractivity contribution is 7.13. The number of amides is 4. The molecule has 17 heteroatoms. The number of carbonyl (C=O) groups is 4. The normalized spacial score (nSPS) is 17.2. The number of ether oxygens (including phenoxy) is 1. The number of aromatic nitrogens is 3. The van der Waals surface area contributed by atoms with Crippen LogP contribution in [0.2, 0.25) is 0 Å². The summed E-state index contributed by atoms with van der Waals surface area (Å²) in [5.74, 6) is -0.225. The molecular formula is C53H67N9O7S. The molecule has 4 atom stereocenters. The van der Waals surface area contributed by atoms with Gasteiger partial charge in [-0.3, -0.25) is 24.1 Å². The number of unbranched alkanes of at least 4 members (excludes halogenated alkanes) is 2. The Kier molecular flexibility index (Phi) is 17.2. The highest BCUT2D eigenvalue weighted by atomic mass is 32.1. The van der Waals surface area contributed by atoms with Crippen molar-refractivity contribution >= 4 is 40.8 Å². The van der Waals surface area contributed by atoms with E-state index in [1.165, 1.54) is 10.5 Å². The van der Waals surface area contributed by atoms with Crippen LogP contribution in [0.15, 0.2) is 84.4 Å². The van der Waals surface area contributed by atoms with E-state index < -0.39 is 29.5 Å². The summed E-state index contributed by atoms with van der Waals surface area (Å²) < 4.78 is 6.00. The van der Waals surface area contributed by atoms with Crippen LogP contribution in [0.4, 0.5) is 5.82 Å². The predicted molar refractivity (Wildman–Crippen MR) is 270 cm³/mol. The minimum atomic E-state index is -0.909. The van der Waals surface area contributed by atoms with Crippen molar-refractivity contribution in [2.75, 3.05) is 45.1 Å². The maximum atomic E-state index is 14.1. The van der Waals surface area contributed by atoms with Gasteiger partial charge in [-0.15, -0.1) is 21.5 Å². The molecule has 3 aromatic carbocycles. The summed E-state index contributed by atoms with van der Waals surface area (Å²) in [6.45, 7) is 13.5. The summed E-state index contributed by atoms with van der Waals surface area (Å²) in [7, 11) is 0. The molecule has 2 unspecified atom stereocenters. The second kappa shape index (κ2) is 23.5. The number of aliphatic hydroxyl groups is 1. The van der Waals surface area contributed by atoms with E-state index in [1.54, 1.807) is 35.6 Å². The van der Waals surface area contributed by atoms with Crippen molar-refractivity contribution < 1.29 is 34.1 Å². The van der Waals surface area contributed by atoms with E-state index in [9.17, 15) is 29.4 Å². The van der Waals surface area contributed by atoms with Crippen LogP contribution in [0.5, 0.6) is 11.5 Å². The lowest BCUT2D eigenvalue weighted by atomic mass is 9.85. The summed E-state index contributed by atoms with van der Waals surface area (Å²) in [6.07, 6.45) is 2.41. The van der Waals surface area contributed by atoms with E-state index in [1.807, 2.05) is 81.4 Å². The molecule has 0 radical (unpaired) electrons. The molecule has 4 heterocycles. The van der Waals surface area contributed by atoms with Crippen molar-refractivity contribution in [3.8, 4) is 33.2 Å². The van der Waals surface area contributed by atoms with E-state index in [4.69, 9.17) is 10.5 Å². The Morgan fingerprint density at radius 3 is 2.34 bits per heavy atom. The number of piperazine rings is 1. The lowest BCUT2D eigenvalue weighted by Crippen LogP contribution is -2.57. The topological polar surface area (TPSA) is 216 Å². The number of aryl methyl sites for hydroxylation is 1. The molecule has 0 saturated carbocycles. The van der Waals surface area contributed by atoms with Crippen LogP contribution in [0.3, 0.4) is 0 Å². The molecule has 6 N–H and O–H groups in total. The fraction of sp³-hybridized carbons (Fsp3) is 0.453. The number of thiazole rings is 1. The van der Waals surface area contributed by atoms with Gasteiger partial charge in [-0.05, 0) is 66.5 Å². The molecule has 2 fully saturated rings. The maximum Gasteiger partial charge on any atom is 0.246 e. The Morgan fingerprint density at radius 1 is 0.900 bits per heavy atom. The zero-order valence-corrected chi connectivity index (χ0v) is 41.7. The first kappa shape index (κ1) is 51.4. The number of phenolic OH excluding ortho intramolecular Hbond substituents is 1. The Labute approximate surface area is 414 Å². The first-order valence-electron chi connectivity index (χ1n) is 24.2. The zero-order chi connectivity index (χ0) is 50.0. The van der Waals surface area contributed by atoms with Gasteiger partial charge in [0.25, 0.3) is 0 Å². The van der Waals surface area contributed by atoms with Crippen molar-refractivity contribution in [1.29, 1.82) is 0 Å². The third-order valence-electron chi connectivity index (χ3n) is 13.1. The summed E-state index contributed by atoms with van der Waals surface area (Å²) in [4.78, 5) is 65.4. The molecule has 0 spiro atoms. The molecule has 2 aliphatic heterocycles. The number of benzene rings is 3. The molecule has 2 saturated heterocycles. The lowest BCUT2D eigenvalue weighted by Gasteiger charge is -2.35. The van der Waals surface area contributed by atoms with Crippen LogP contribution in [-0.2, 0) is 32.1 Å². The minimum Gasteiger partial charge on any atom is -0.507 e. The molecular weight excluding hydrogens is 907 g/mol. The van der Waals surface area contributed by atoms with Crippen molar-refractivity contribution in [1.82, 2.24) is 40.5 Å². The zero-order valence-electron chi connectivity index (χ0n) is 40.9. The van der Waals surface area contributed by atoms with Gasteiger partial charge < -0.3 is 41.1 Å². The molecule has 7 rings (SSSR count). The van der Waals surface area contributed by atoms with Gasteiger partial charge in [0.1, 0.15) is 23.5 Å². The van der Waals surface area contributed by atoms with Crippen LogP contribution in [0, 0.1) is 12.3 Å². The Bertz CT molecular complexity index is 2590. The standard InChI is InChI=1S/C53H67N9O7S/c1-34(38-18-20-39(21-19-38)48-35(2)55-33-70-48)56-51(67)43-29-40(63)32-62(43)52(68)49(53(3,4)5)57-46(65)16-7-6-8-17-47(66)61-25-23-60(24-26-61)31-37-13-11-12-36(28-37)22-27-69-45-30-42(58-59-50(45)54)41-14-9-10-15-44(41)64/h9-15,18-21,28,30,33-34,40,43,49,63-64H,6-8,16-17,22-27,29,31-32H2,1-5H3,(H2,54,59)(H,56,67)(H,57,65)/t34?,40-,43+,49?/m1/s1. The quantitative estimate of drug-likeness (QED) is 0.0565. The molecule has 2 aromatic heterocycles. The molecule has 16 nitrogen and oxygen atoms in total. The smallest absolute Gasteiger partial charge is 0.246 e. The lowest BCUT2D eigenvalue weighted by molar-refractivity contribution is -0.144. The van der Waals surface area contributed by atoms with Crippen molar-refractivity contribution in [2.45, 2.75) is 110 Å². The number of nitrogen functional groups attached to an aromatic ring is 1. The fourth-order valence-corrected chi connectivity index (χ4v) is 9.85. The highest BCUT2D eigenvalue weighted by Crippen LogP contribution is 2.32. The first-order chi connectivity index (χ1) is 33.5. The number of phenols is 1. The Balaban J connectivity index is 0.800. The predicted octanol–water partition coefficient (Wildman–Crippen LogP) is 6.45. The third-order valence-corrected chi connectivity index (χ3v) is 14.1. The number of anilines is 1. The summed E-state index contributed by atoms with van der Waals surface area (Å²) in [6, 6.07) is 22.8. The number of aliphatic hydroxyl groups excluding tert-OH is 1. The van der Waals surface area contributed by atoms with Crippen LogP contribution in [0.1, 0.15) is 94.6 Å². The average molecular weight is 974 g/mol. The van der Waals surface area contributed by atoms with Crippen LogP contribution >= 0.6 is 11.3 Å². The number of rotatable bonds is 19. The van der Waals surface area contributed by atoms with Gasteiger partial charge in [0.05, 0.1) is 34.8 Å². The van der Waals surface area contributed by atoms with Gasteiger partial charge in [-0.2, -0.15) is 0 Å². The minimum absolute atomic E-state index is 0.000111. The van der Waals surface area contributed by atoms with E-state index >= 15 is 0 Å². The van der Waals surface area contributed by atoms with Crippen molar-refractivity contribution in [3.63, 3.8) is 0 Å². The van der Waals surface area contributed by atoms with Gasteiger partial charge in [0.2, 0.25) is 23.6 Å². The number of likely N-dealkylation sites (tertiary alicyclic amines) is 1. The number of hydrogen-bond acceptors (Lipinski definition) is 13. The Morgan fingerprint density at radius 2 is 1.63 bits per heavy atom. The molecule has 4 amide bonds. The van der Waals surface area contributed by atoms with Gasteiger partial charge in [0.15, 0.2) is 11.6 Å². The molecule has 5 aromatic rings. The van der Waals surface area contributed by atoms with Gasteiger partial charge in [0, 0.05) is 76.6 Å². The number of carbonyl (C=O) groups excluding carboxylic acids is 4. The SMILES string of the molecule is Cc1ncsc1-c1ccc(C(C)NC(=O)[C@@H]2C[C@@H](O)CN2C(=O)C(NC(=O)CCCCCC(=O)N2CCN(Cc3cccc(CCOc4cc(-c5ccccc5O)nnc4N)c3)CC2)C(C)(C)C)cc1. The maximum absolute atomic E-state index is 14.1. The van der Waals surface area contributed by atoms with Crippen molar-refractivity contribution in [2.24, 2.45) is 5.41 Å². The number of para-hydroxylation sites is 1. The van der Waals surface area contributed by atoms with Crippen LogP contribution < -0.4 is 21.1 Å². The second-order valence-electron chi connectivity index (χ2n) is 19.5. The van der Waals surface area contributed by atoms with E-state index in [0.29, 0.717) is 68.8 Å². The van der Waals surface area contributed by atoms with Crippen LogP contribution in [0.25, 0.3) is 21.7 Å². The van der Waals surface area contributed by atoms with E-state index in [0.717, 1.165) is 46.9 Å². The number of nitrogens with two attached hydrogens (primary N) is 1. The van der Waals surface area contributed by atoms with E-state index in [-0.39, 0.29) is 54.7 Å². The number of β-amino-alcohol motifs (C(OH)–C–C–N with tert-alkyl or cyclic N) is 1. The summed E-state index contributed by atoms with van der Waals surface area (Å²) in [5, 5.41) is 35.0. The summed E-state index contributed by atoms with van der Waals surface area (Å²) in [5.41, 5.74) is 13.4. The number of nitrogens with one attached hydrogen (secondary N) is 2. The first-order valence-corrected chi connectivity index (χ1v) is 25.1.